The molecule has 0 radical (unpaired) electrons. The Balaban J connectivity index is 1.65. The van der Waals surface area contributed by atoms with Gasteiger partial charge in [-0.2, -0.15) is 0 Å². The SMILES string of the molecule is O=C(CCC(=O)c1cccs1)Nc1cccc(S(=O)(=O)Nc2ccccc2Cl)c1. The van der Waals surface area contributed by atoms with Crippen molar-refractivity contribution in [2.45, 2.75) is 17.7 Å². The van der Waals surface area contributed by atoms with Gasteiger partial charge in [0.2, 0.25) is 5.91 Å². The van der Waals surface area contributed by atoms with Crippen LogP contribution in [0.1, 0.15) is 22.5 Å². The molecule has 0 fully saturated rings. The summed E-state index contributed by atoms with van der Waals surface area (Å²) in [4.78, 5) is 24.7. The number of halogens is 1. The van der Waals surface area contributed by atoms with Gasteiger partial charge >= 0.3 is 0 Å². The molecule has 150 valence electrons. The zero-order valence-corrected chi connectivity index (χ0v) is 17.5. The summed E-state index contributed by atoms with van der Waals surface area (Å²) in [6.07, 6.45) is 0.0873. The Labute approximate surface area is 177 Å². The van der Waals surface area contributed by atoms with Crippen molar-refractivity contribution >= 4 is 56.0 Å². The normalized spacial score (nSPS) is 11.1. The van der Waals surface area contributed by atoms with Crippen LogP contribution in [0.25, 0.3) is 0 Å². The Morgan fingerprint density at radius 1 is 0.966 bits per heavy atom. The summed E-state index contributed by atoms with van der Waals surface area (Å²) in [6, 6.07) is 15.8. The highest BCUT2D eigenvalue weighted by molar-refractivity contribution is 7.92. The number of ketones is 1. The van der Waals surface area contributed by atoms with Crippen molar-refractivity contribution in [3.63, 3.8) is 0 Å². The number of rotatable bonds is 8. The molecule has 3 rings (SSSR count). The van der Waals surface area contributed by atoms with E-state index < -0.39 is 10.0 Å². The Bertz CT molecular complexity index is 1130. The van der Waals surface area contributed by atoms with Crippen molar-refractivity contribution in [2.75, 3.05) is 10.0 Å². The zero-order valence-electron chi connectivity index (χ0n) is 15.1. The average molecular weight is 449 g/mol. The number of carbonyl (C=O) groups is 2. The number of benzene rings is 2. The molecule has 6 nitrogen and oxygen atoms in total. The average Bonchev–Trinajstić information content (AvgIpc) is 3.23. The molecule has 0 aliphatic carbocycles. The van der Waals surface area contributed by atoms with Crippen LogP contribution in [0.2, 0.25) is 5.02 Å². The third-order valence-electron chi connectivity index (χ3n) is 3.92. The lowest BCUT2D eigenvalue weighted by atomic mass is 10.2. The van der Waals surface area contributed by atoms with Crippen LogP contribution in [0.15, 0.2) is 70.9 Å². The predicted molar refractivity (Wildman–Crippen MR) is 115 cm³/mol. The van der Waals surface area contributed by atoms with E-state index in [4.69, 9.17) is 11.6 Å². The number of hydrogen-bond donors (Lipinski definition) is 2. The second-order valence-corrected chi connectivity index (χ2v) is 9.10. The molecule has 29 heavy (non-hydrogen) atoms. The van der Waals surface area contributed by atoms with Crippen LogP contribution in [0.3, 0.4) is 0 Å². The Kier molecular flexibility index (Phi) is 6.68. The van der Waals surface area contributed by atoms with Crippen molar-refractivity contribution in [1.29, 1.82) is 0 Å². The molecule has 2 aromatic carbocycles. The summed E-state index contributed by atoms with van der Waals surface area (Å²) >= 11 is 7.33. The van der Waals surface area contributed by atoms with E-state index >= 15 is 0 Å². The molecular formula is C20H17ClN2O4S2. The number of anilines is 2. The van der Waals surface area contributed by atoms with Gasteiger partial charge in [-0.05, 0) is 41.8 Å². The van der Waals surface area contributed by atoms with E-state index in [2.05, 4.69) is 10.0 Å². The molecule has 0 saturated carbocycles. The van der Waals surface area contributed by atoms with Crippen molar-refractivity contribution in [3.05, 3.63) is 75.9 Å². The standard InChI is InChI=1S/C20H17ClN2O4S2/c21-16-7-1-2-8-17(16)23-29(26,27)15-6-3-5-14(13-15)22-20(25)11-10-18(24)19-9-4-12-28-19/h1-9,12-13,23H,10-11H2,(H,22,25). The number of hydrogen-bond acceptors (Lipinski definition) is 5. The maximum atomic E-state index is 12.6. The second kappa shape index (κ2) is 9.21. The first-order valence-electron chi connectivity index (χ1n) is 8.59. The van der Waals surface area contributed by atoms with Gasteiger partial charge in [0.05, 0.1) is 20.5 Å². The van der Waals surface area contributed by atoms with Crippen molar-refractivity contribution in [3.8, 4) is 0 Å². The van der Waals surface area contributed by atoms with Gasteiger partial charge in [0.1, 0.15) is 0 Å². The summed E-state index contributed by atoms with van der Waals surface area (Å²) in [5.74, 6) is -0.473. The number of sulfonamides is 1. The van der Waals surface area contributed by atoms with Gasteiger partial charge in [-0.1, -0.05) is 35.9 Å². The van der Waals surface area contributed by atoms with Crippen molar-refractivity contribution in [1.82, 2.24) is 0 Å². The van der Waals surface area contributed by atoms with E-state index in [1.807, 2.05) is 0 Å². The number of para-hydroxylation sites is 1. The van der Waals surface area contributed by atoms with Gasteiger partial charge in [-0.15, -0.1) is 11.3 Å². The fourth-order valence-electron chi connectivity index (χ4n) is 2.50. The lowest BCUT2D eigenvalue weighted by Gasteiger charge is -2.11. The zero-order chi connectivity index (χ0) is 20.9. The van der Waals surface area contributed by atoms with E-state index in [0.29, 0.717) is 10.6 Å². The fraction of sp³-hybridized carbons (Fsp3) is 0.100. The van der Waals surface area contributed by atoms with Gasteiger partial charge in [0.25, 0.3) is 10.0 Å². The van der Waals surface area contributed by atoms with Crippen LogP contribution in [0.5, 0.6) is 0 Å². The maximum absolute atomic E-state index is 12.6. The first-order chi connectivity index (χ1) is 13.8. The molecule has 1 heterocycles. The van der Waals surface area contributed by atoms with Gasteiger partial charge in [-0.3, -0.25) is 14.3 Å². The second-order valence-electron chi connectivity index (χ2n) is 6.06. The lowest BCUT2D eigenvalue weighted by Crippen LogP contribution is -2.15. The molecule has 9 heteroatoms. The van der Waals surface area contributed by atoms with E-state index in [1.54, 1.807) is 47.8 Å². The van der Waals surface area contributed by atoms with Crippen LogP contribution in [-0.2, 0) is 14.8 Å². The minimum atomic E-state index is -3.89. The minimum absolute atomic E-state index is 0.00554. The van der Waals surface area contributed by atoms with Crippen molar-refractivity contribution < 1.29 is 18.0 Å². The van der Waals surface area contributed by atoms with Crippen LogP contribution in [-0.4, -0.2) is 20.1 Å². The minimum Gasteiger partial charge on any atom is -0.326 e. The summed E-state index contributed by atoms with van der Waals surface area (Å²) < 4.78 is 27.6. The largest absolute Gasteiger partial charge is 0.326 e. The van der Waals surface area contributed by atoms with Crippen molar-refractivity contribution in [2.24, 2.45) is 0 Å². The number of nitrogens with one attached hydrogen (secondary N) is 2. The number of Topliss-reactive ketones (excluding diaryl/α,β-unsaturated/α-hetero) is 1. The van der Waals surface area contributed by atoms with Crippen LogP contribution in [0.4, 0.5) is 11.4 Å². The molecule has 0 bridgehead atoms. The van der Waals surface area contributed by atoms with Gasteiger partial charge in [-0.25, -0.2) is 8.42 Å². The number of thiophene rings is 1. The lowest BCUT2D eigenvalue weighted by molar-refractivity contribution is -0.116. The Morgan fingerprint density at radius 2 is 1.76 bits per heavy atom. The Morgan fingerprint density at radius 3 is 2.48 bits per heavy atom. The van der Waals surface area contributed by atoms with Crippen LogP contribution < -0.4 is 10.0 Å². The molecule has 0 aliphatic rings. The van der Waals surface area contributed by atoms with E-state index in [9.17, 15) is 18.0 Å². The molecule has 3 aromatic rings. The molecule has 0 aliphatic heterocycles. The maximum Gasteiger partial charge on any atom is 0.262 e. The van der Waals surface area contributed by atoms with E-state index in [1.165, 1.54) is 29.5 Å². The van der Waals surface area contributed by atoms with Gasteiger partial charge in [0.15, 0.2) is 5.78 Å². The molecule has 0 atom stereocenters. The number of amides is 1. The Hall–Kier alpha value is -2.68. The highest BCUT2D eigenvalue weighted by atomic mass is 35.5. The smallest absolute Gasteiger partial charge is 0.262 e. The van der Waals surface area contributed by atoms with E-state index in [0.717, 1.165) is 0 Å². The van der Waals surface area contributed by atoms with Crippen LogP contribution >= 0.6 is 22.9 Å². The number of carbonyl (C=O) groups excluding carboxylic acids is 2. The fourth-order valence-corrected chi connectivity index (χ4v) is 4.56. The summed E-state index contributed by atoms with van der Waals surface area (Å²) in [6.45, 7) is 0. The molecular weight excluding hydrogens is 432 g/mol. The summed E-state index contributed by atoms with van der Waals surface area (Å²) in [5.41, 5.74) is 0.580. The molecule has 0 unspecified atom stereocenters. The molecule has 1 amide bonds. The first kappa shape index (κ1) is 21.0. The molecule has 0 saturated heterocycles. The van der Waals surface area contributed by atoms with Crippen LogP contribution in [0, 0.1) is 0 Å². The third kappa shape index (κ3) is 5.66. The quantitative estimate of drug-likeness (QED) is 0.484. The molecule has 1 aromatic heterocycles. The summed E-state index contributed by atoms with van der Waals surface area (Å²) in [5, 5.41) is 4.70. The monoisotopic (exact) mass is 448 g/mol. The van der Waals surface area contributed by atoms with Gasteiger partial charge in [0, 0.05) is 18.5 Å². The van der Waals surface area contributed by atoms with E-state index in [-0.39, 0.29) is 40.1 Å². The predicted octanol–water partition coefficient (Wildman–Crippen LogP) is 4.80. The first-order valence-corrected chi connectivity index (χ1v) is 11.3. The highest BCUT2D eigenvalue weighted by Gasteiger charge is 2.17. The molecule has 2 N–H and O–H groups in total. The molecule has 0 spiro atoms. The highest BCUT2D eigenvalue weighted by Crippen LogP contribution is 2.25. The van der Waals surface area contributed by atoms with Gasteiger partial charge < -0.3 is 5.32 Å². The third-order valence-corrected chi connectivity index (χ3v) is 6.53. The summed E-state index contributed by atoms with van der Waals surface area (Å²) in [7, 11) is -3.89. The topological polar surface area (TPSA) is 92.3 Å².